The van der Waals surface area contributed by atoms with Crippen LogP contribution in [0.1, 0.15) is 32.6 Å². The Kier molecular flexibility index (Phi) is 12.1. The summed E-state index contributed by atoms with van der Waals surface area (Å²) in [7, 11) is 0. The van der Waals surface area contributed by atoms with Gasteiger partial charge < -0.3 is 27.4 Å². The first-order valence-corrected chi connectivity index (χ1v) is 5.50. The Morgan fingerprint density at radius 2 is 1.76 bits per heavy atom. The van der Waals surface area contributed by atoms with Gasteiger partial charge in [-0.2, -0.15) is 0 Å². The fourth-order valence-electron chi connectivity index (χ4n) is 0.820. The van der Waals surface area contributed by atoms with E-state index >= 15 is 0 Å². The summed E-state index contributed by atoms with van der Waals surface area (Å²) >= 11 is 0. The Hall–Kier alpha value is -1.18. The number of aliphatic carboxylic acids is 2. The summed E-state index contributed by atoms with van der Waals surface area (Å²) in [4.78, 5) is 19.8. The number of carbonyl (C=O) groups is 2. The second kappa shape index (κ2) is 11.3. The summed E-state index contributed by atoms with van der Waals surface area (Å²) in [5.74, 6) is -1.79. The minimum absolute atomic E-state index is 0.00463. The number of carboxylic acid groups (broad SMARTS) is 2. The molecule has 0 saturated heterocycles. The second-order valence-electron chi connectivity index (χ2n) is 3.63. The maximum atomic E-state index is 10.0. The molecule has 0 aromatic heterocycles. The average Bonchev–Trinajstić information content (AvgIpc) is 2.27. The van der Waals surface area contributed by atoms with Gasteiger partial charge in [0, 0.05) is 19.0 Å². The molecule has 0 aliphatic heterocycles. The van der Waals surface area contributed by atoms with Crippen molar-refractivity contribution in [2.45, 2.75) is 44.7 Å². The molecule has 7 nitrogen and oxygen atoms in total. The Morgan fingerprint density at radius 3 is 2.00 bits per heavy atom. The van der Waals surface area contributed by atoms with Crippen LogP contribution in [-0.4, -0.2) is 40.8 Å². The van der Waals surface area contributed by atoms with Crippen LogP contribution in [0.15, 0.2) is 0 Å². The van der Waals surface area contributed by atoms with Crippen molar-refractivity contribution in [3.8, 4) is 0 Å². The lowest BCUT2D eigenvalue weighted by Crippen LogP contribution is -2.37. The predicted molar refractivity (Wildman–Crippen MR) is 64.4 cm³/mol. The lowest BCUT2D eigenvalue weighted by atomic mass is 10.1. The van der Waals surface area contributed by atoms with Gasteiger partial charge in [0.15, 0.2) is 0 Å². The molecule has 17 heavy (non-hydrogen) atoms. The van der Waals surface area contributed by atoms with E-state index in [0.717, 1.165) is 12.8 Å². The first kappa shape index (κ1) is 18.2. The van der Waals surface area contributed by atoms with Crippen molar-refractivity contribution in [3.63, 3.8) is 0 Å². The lowest BCUT2D eigenvalue weighted by Gasteiger charge is -2.05. The Balaban J connectivity index is 0. The van der Waals surface area contributed by atoms with Gasteiger partial charge in [-0.05, 0) is 19.3 Å². The van der Waals surface area contributed by atoms with E-state index in [1.54, 1.807) is 0 Å². The molecule has 7 heteroatoms. The van der Waals surface area contributed by atoms with Gasteiger partial charge in [0.2, 0.25) is 0 Å². The average molecular weight is 249 g/mol. The topological polar surface area (TPSA) is 153 Å². The monoisotopic (exact) mass is 249 g/mol. The lowest BCUT2D eigenvalue weighted by molar-refractivity contribution is -0.138. The van der Waals surface area contributed by atoms with Gasteiger partial charge in [0.1, 0.15) is 6.04 Å². The number of hydrogen-bond donors (Lipinski definition) is 5. The van der Waals surface area contributed by atoms with Gasteiger partial charge in [-0.3, -0.25) is 9.59 Å². The van der Waals surface area contributed by atoms with Gasteiger partial charge in [-0.15, -0.1) is 0 Å². The van der Waals surface area contributed by atoms with E-state index in [2.05, 4.69) is 0 Å². The van der Waals surface area contributed by atoms with Crippen LogP contribution >= 0.6 is 0 Å². The molecule has 102 valence electrons. The fourth-order valence-corrected chi connectivity index (χ4v) is 0.820. The van der Waals surface area contributed by atoms with Crippen molar-refractivity contribution in [3.05, 3.63) is 0 Å². The third-order valence-electron chi connectivity index (χ3n) is 2.06. The maximum Gasteiger partial charge on any atom is 0.321 e. The standard InChI is InChI=1S/C7H15NO2.C3H8N2O2/c1-2-6(8)4-3-5-7(9)10;4-1-2(5)3(6)7/h6H,2-5,8H2,1H3,(H,9,10);2H,1,4-5H2,(H,6,7). The van der Waals surface area contributed by atoms with E-state index in [1.165, 1.54) is 0 Å². The van der Waals surface area contributed by atoms with Crippen LogP contribution in [0, 0.1) is 0 Å². The zero-order valence-electron chi connectivity index (χ0n) is 10.1. The number of carboxylic acids is 2. The molecule has 0 aliphatic rings. The molecule has 2 atom stereocenters. The zero-order valence-corrected chi connectivity index (χ0v) is 10.1. The highest BCUT2D eigenvalue weighted by Gasteiger charge is 2.06. The van der Waals surface area contributed by atoms with E-state index in [9.17, 15) is 9.59 Å². The summed E-state index contributed by atoms with van der Waals surface area (Å²) < 4.78 is 0. The first-order chi connectivity index (χ1) is 7.84. The Bertz CT molecular complexity index is 224. The quantitative estimate of drug-likeness (QED) is 0.401. The van der Waals surface area contributed by atoms with E-state index < -0.39 is 18.0 Å². The van der Waals surface area contributed by atoms with E-state index in [1.807, 2.05) is 6.92 Å². The fraction of sp³-hybridized carbons (Fsp3) is 0.800. The molecule has 0 aromatic carbocycles. The highest BCUT2D eigenvalue weighted by molar-refractivity contribution is 5.73. The summed E-state index contributed by atoms with van der Waals surface area (Å²) in [6, 6.07) is -0.723. The molecule has 0 fully saturated rings. The number of rotatable bonds is 7. The van der Waals surface area contributed by atoms with Crippen LogP contribution in [0.2, 0.25) is 0 Å². The summed E-state index contributed by atoms with van der Waals surface area (Å²) in [5, 5.41) is 16.2. The van der Waals surface area contributed by atoms with Gasteiger partial charge in [0.05, 0.1) is 0 Å². The molecule has 0 saturated carbocycles. The van der Waals surface area contributed by atoms with Gasteiger partial charge >= 0.3 is 11.9 Å². The van der Waals surface area contributed by atoms with Crippen molar-refractivity contribution >= 4 is 11.9 Å². The van der Waals surface area contributed by atoms with E-state index in [0.29, 0.717) is 6.42 Å². The van der Waals surface area contributed by atoms with Gasteiger partial charge in [-0.25, -0.2) is 0 Å². The molecule has 0 bridgehead atoms. The summed E-state index contributed by atoms with van der Waals surface area (Å²) in [6.07, 6.45) is 2.69. The highest BCUT2D eigenvalue weighted by atomic mass is 16.4. The zero-order chi connectivity index (χ0) is 13.8. The van der Waals surface area contributed by atoms with Crippen LogP contribution in [0.25, 0.3) is 0 Å². The Morgan fingerprint density at radius 1 is 1.24 bits per heavy atom. The maximum absolute atomic E-state index is 10.0. The smallest absolute Gasteiger partial charge is 0.321 e. The molecule has 0 aliphatic carbocycles. The van der Waals surface area contributed by atoms with Crippen molar-refractivity contribution in [1.82, 2.24) is 0 Å². The van der Waals surface area contributed by atoms with Crippen LogP contribution in [0.4, 0.5) is 0 Å². The van der Waals surface area contributed by atoms with Crippen LogP contribution < -0.4 is 17.2 Å². The third-order valence-corrected chi connectivity index (χ3v) is 2.06. The van der Waals surface area contributed by atoms with Crippen molar-refractivity contribution < 1.29 is 19.8 Å². The Labute approximate surface area is 101 Å². The van der Waals surface area contributed by atoms with Crippen LogP contribution in [-0.2, 0) is 9.59 Å². The largest absolute Gasteiger partial charge is 0.481 e. The molecule has 0 spiro atoms. The SMILES string of the molecule is CCC(N)CCCC(=O)O.NCC(N)C(=O)O. The van der Waals surface area contributed by atoms with Crippen LogP contribution in [0.5, 0.6) is 0 Å². The molecule has 0 aromatic rings. The van der Waals surface area contributed by atoms with Crippen molar-refractivity contribution in [2.75, 3.05) is 6.54 Å². The number of nitrogens with two attached hydrogens (primary N) is 3. The normalized spacial score (nSPS) is 13.2. The summed E-state index contributed by atoms with van der Waals surface area (Å²) in [6.45, 7) is 2.00. The summed E-state index contributed by atoms with van der Waals surface area (Å²) in [5.41, 5.74) is 15.3. The number of hydrogen-bond acceptors (Lipinski definition) is 5. The van der Waals surface area contributed by atoms with Gasteiger partial charge in [-0.1, -0.05) is 6.92 Å². The van der Waals surface area contributed by atoms with Crippen LogP contribution in [0.3, 0.4) is 0 Å². The van der Waals surface area contributed by atoms with E-state index in [4.69, 9.17) is 27.4 Å². The van der Waals surface area contributed by atoms with Crippen molar-refractivity contribution in [1.29, 1.82) is 0 Å². The second-order valence-corrected chi connectivity index (χ2v) is 3.63. The third kappa shape index (κ3) is 14.8. The molecule has 8 N–H and O–H groups in total. The molecular weight excluding hydrogens is 226 g/mol. The first-order valence-electron chi connectivity index (χ1n) is 5.50. The molecule has 0 heterocycles. The minimum Gasteiger partial charge on any atom is -0.481 e. The molecular formula is C10H23N3O4. The highest BCUT2D eigenvalue weighted by Crippen LogP contribution is 2.00. The molecule has 0 rings (SSSR count). The minimum atomic E-state index is -1.05. The predicted octanol–water partition coefficient (Wildman–Crippen LogP) is -0.664. The van der Waals surface area contributed by atoms with Gasteiger partial charge in [0.25, 0.3) is 0 Å². The molecule has 2 unspecified atom stereocenters. The van der Waals surface area contributed by atoms with E-state index in [-0.39, 0.29) is 19.0 Å². The molecule has 0 radical (unpaired) electrons. The molecule has 0 amide bonds. The van der Waals surface area contributed by atoms with Crippen molar-refractivity contribution in [2.24, 2.45) is 17.2 Å².